The van der Waals surface area contributed by atoms with Crippen LogP contribution in [0.3, 0.4) is 0 Å². The number of nitrogen functional groups attached to an aromatic ring is 1. The largest absolute Gasteiger partial charge is 0.488 e. The Morgan fingerprint density at radius 2 is 1.96 bits per heavy atom. The van der Waals surface area contributed by atoms with Crippen molar-refractivity contribution in [3.05, 3.63) is 76.3 Å². The molecular formula is C20H20N4O2S. The summed E-state index contributed by atoms with van der Waals surface area (Å²) in [7, 11) is 0. The first kappa shape index (κ1) is 18.6. The van der Waals surface area contributed by atoms with Crippen molar-refractivity contribution in [2.45, 2.75) is 20.0 Å². The zero-order valence-electron chi connectivity index (χ0n) is 14.9. The highest BCUT2D eigenvalue weighted by Gasteiger charge is 2.15. The number of aryl methyl sites for hydroxylation is 1. The molecule has 0 aliphatic carbocycles. The van der Waals surface area contributed by atoms with Gasteiger partial charge in [0.1, 0.15) is 17.2 Å². The van der Waals surface area contributed by atoms with Gasteiger partial charge >= 0.3 is 0 Å². The van der Waals surface area contributed by atoms with E-state index in [1.165, 1.54) is 0 Å². The first-order valence-corrected chi connectivity index (χ1v) is 9.33. The van der Waals surface area contributed by atoms with Crippen LogP contribution in [-0.2, 0) is 13.0 Å². The van der Waals surface area contributed by atoms with Crippen LogP contribution in [-0.4, -0.2) is 17.1 Å². The number of hydrogen-bond acceptors (Lipinski definition) is 6. The predicted molar refractivity (Wildman–Crippen MR) is 108 cm³/mol. The van der Waals surface area contributed by atoms with E-state index >= 15 is 0 Å². The summed E-state index contributed by atoms with van der Waals surface area (Å²) in [4.78, 5) is 16.9. The van der Waals surface area contributed by atoms with Crippen LogP contribution in [0.15, 0.2) is 59.7 Å². The average Bonchev–Trinajstić information content (AvgIpc) is 3.09. The molecule has 0 aliphatic rings. The summed E-state index contributed by atoms with van der Waals surface area (Å²) in [5.41, 5.74) is 10.7. The molecule has 0 saturated heterocycles. The summed E-state index contributed by atoms with van der Waals surface area (Å²) in [6, 6.07) is 17.4. The van der Waals surface area contributed by atoms with Gasteiger partial charge in [0.15, 0.2) is 5.13 Å². The number of nitrogens with two attached hydrogens (primary N) is 1. The molecule has 0 spiro atoms. The fraction of sp³-hybridized carbons (Fsp3) is 0.150. The van der Waals surface area contributed by atoms with Crippen molar-refractivity contribution in [3.8, 4) is 5.75 Å². The third-order valence-electron chi connectivity index (χ3n) is 3.78. The number of para-hydroxylation sites is 1. The summed E-state index contributed by atoms with van der Waals surface area (Å²) in [6.07, 6.45) is 2.20. The summed E-state index contributed by atoms with van der Waals surface area (Å²) >= 11 is 1.16. The molecule has 0 radical (unpaired) electrons. The summed E-state index contributed by atoms with van der Waals surface area (Å²) in [6.45, 7) is 2.38. The number of amides is 1. The van der Waals surface area contributed by atoms with Crippen LogP contribution in [0, 0.1) is 0 Å². The lowest BCUT2D eigenvalue weighted by atomic mass is 10.2. The minimum atomic E-state index is -0.319. The lowest BCUT2D eigenvalue weighted by molar-refractivity contribution is 0.0958. The Morgan fingerprint density at radius 1 is 1.22 bits per heavy atom. The van der Waals surface area contributed by atoms with Gasteiger partial charge in [-0.05, 0) is 24.1 Å². The minimum Gasteiger partial charge on any atom is -0.488 e. The van der Waals surface area contributed by atoms with Gasteiger partial charge in [0.2, 0.25) is 0 Å². The van der Waals surface area contributed by atoms with Crippen molar-refractivity contribution < 1.29 is 9.53 Å². The molecule has 0 fully saturated rings. The molecule has 0 aliphatic heterocycles. The molecule has 0 atom stereocenters. The quantitative estimate of drug-likeness (QED) is 0.484. The maximum Gasteiger partial charge on any atom is 0.283 e. The zero-order chi connectivity index (χ0) is 19.1. The van der Waals surface area contributed by atoms with Crippen molar-refractivity contribution in [1.82, 2.24) is 10.4 Å². The first-order chi connectivity index (χ1) is 13.2. The lowest BCUT2D eigenvalue weighted by Crippen LogP contribution is -2.17. The molecule has 0 unspecified atom stereocenters. The van der Waals surface area contributed by atoms with Gasteiger partial charge in [-0.25, -0.2) is 10.4 Å². The zero-order valence-corrected chi connectivity index (χ0v) is 15.7. The minimum absolute atomic E-state index is 0.319. The molecule has 3 aromatic rings. The number of nitrogens with one attached hydrogen (secondary N) is 1. The fourth-order valence-electron chi connectivity index (χ4n) is 2.45. The van der Waals surface area contributed by atoms with E-state index in [2.05, 4.69) is 15.5 Å². The van der Waals surface area contributed by atoms with Gasteiger partial charge < -0.3 is 10.5 Å². The van der Waals surface area contributed by atoms with E-state index in [1.54, 1.807) is 6.21 Å². The van der Waals surface area contributed by atoms with Crippen LogP contribution >= 0.6 is 11.3 Å². The molecule has 2 aromatic carbocycles. The molecule has 7 heteroatoms. The molecule has 1 aromatic heterocycles. The molecule has 27 heavy (non-hydrogen) atoms. The van der Waals surface area contributed by atoms with Gasteiger partial charge in [-0.2, -0.15) is 5.10 Å². The molecule has 3 rings (SSSR count). The Balaban J connectivity index is 1.65. The SMILES string of the molecule is CCc1nc(N)sc1C(=O)N/N=C\c1ccccc1OCc1ccccc1. The maximum absolute atomic E-state index is 12.3. The molecular weight excluding hydrogens is 360 g/mol. The van der Waals surface area contributed by atoms with Crippen molar-refractivity contribution in [2.24, 2.45) is 5.10 Å². The Labute approximate surface area is 161 Å². The number of anilines is 1. The van der Waals surface area contributed by atoms with E-state index in [0.29, 0.717) is 34.5 Å². The van der Waals surface area contributed by atoms with Crippen LogP contribution in [0.2, 0.25) is 0 Å². The predicted octanol–water partition coefficient (Wildman–Crippen LogP) is 3.63. The van der Waals surface area contributed by atoms with E-state index in [1.807, 2.05) is 61.5 Å². The van der Waals surface area contributed by atoms with Crippen LogP contribution in [0.4, 0.5) is 5.13 Å². The van der Waals surface area contributed by atoms with Crippen LogP contribution in [0.5, 0.6) is 5.75 Å². The third-order valence-corrected chi connectivity index (χ3v) is 4.71. The van der Waals surface area contributed by atoms with E-state index in [4.69, 9.17) is 10.5 Å². The van der Waals surface area contributed by atoms with Crippen molar-refractivity contribution in [3.63, 3.8) is 0 Å². The second-order valence-corrected chi connectivity index (χ2v) is 6.72. The van der Waals surface area contributed by atoms with E-state index < -0.39 is 0 Å². The molecule has 3 N–H and O–H groups in total. The van der Waals surface area contributed by atoms with Gasteiger partial charge in [-0.3, -0.25) is 4.79 Å². The van der Waals surface area contributed by atoms with Gasteiger partial charge in [0, 0.05) is 5.56 Å². The topological polar surface area (TPSA) is 89.6 Å². The van der Waals surface area contributed by atoms with Crippen LogP contribution < -0.4 is 15.9 Å². The average molecular weight is 380 g/mol. The van der Waals surface area contributed by atoms with Crippen molar-refractivity contribution >= 4 is 28.6 Å². The molecule has 138 valence electrons. The molecule has 0 saturated carbocycles. The highest BCUT2D eigenvalue weighted by atomic mass is 32.1. The lowest BCUT2D eigenvalue weighted by Gasteiger charge is -2.09. The number of carbonyl (C=O) groups is 1. The van der Waals surface area contributed by atoms with Gasteiger partial charge in [-0.1, -0.05) is 60.7 Å². The second-order valence-electron chi connectivity index (χ2n) is 5.69. The Bertz CT molecular complexity index is 938. The van der Waals surface area contributed by atoms with Crippen molar-refractivity contribution in [1.29, 1.82) is 0 Å². The van der Waals surface area contributed by atoms with E-state index in [-0.39, 0.29) is 5.91 Å². The smallest absolute Gasteiger partial charge is 0.283 e. The van der Waals surface area contributed by atoms with E-state index in [0.717, 1.165) is 22.5 Å². The number of carbonyl (C=O) groups excluding carboxylic acids is 1. The highest BCUT2D eigenvalue weighted by Crippen LogP contribution is 2.21. The standard InChI is InChI=1S/C20H20N4O2S/c1-2-16-18(27-20(21)23-16)19(25)24-22-12-15-10-6-7-11-17(15)26-13-14-8-4-3-5-9-14/h3-12H,2,13H2,1H3,(H2,21,23)(H,24,25)/b22-12-. The Morgan fingerprint density at radius 3 is 2.74 bits per heavy atom. The normalized spacial score (nSPS) is 10.9. The highest BCUT2D eigenvalue weighted by molar-refractivity contribution is 7.17. The Kier molecular flexibility index (Phi) is 6.17. The van der Waals surface area contributed by atoms with Crippen LogP contribution in [0.1, 0.15) is 33.4 Å². The molecule has 0 bridgehead atoms. The van der Waals surface area contributed by atoms with E-state index in [9.17, 15) is 4.79 Å². The first-order valence-electron chi connectivity index (χ1n) is 8.51. The Hall–Kier alpha value is -3.19. The second kappa shape index (κ2) is 8.95. The number of thiazole rings is 1. The number of ether oxygens (including phenoxy) is 1. The number of benzene rings is 2. The van der Waals surface area contributed by atoms with Gasteiger partial charge in [-0.15, -0.1) is 0 Å². The number of hydrogen-bond donors (Lipinski definition) is 2. The molecule has 1 amide bonds. The van der Waals surface area contributed by atoms with Crippen LogP contribution in [0.25, 0.3) is 0 Å². The molecule has 1 heterocycles. The third kappa shape index (κ3) is 4.92. The maximum atomic E-state index is 12.3. The number of nitrogens with zero attached hydrogens (tertiary/aromatic N) is 2. The van der Waals surface area contributed by atoms with Gasteiger partial charge in [0.25, 0.3) is 5.91 Å². The summed E-state index contributed by atoms with van der Waals surface area (Å²) in [5, 5.41) is 4.43. The summed E-state index contributed by atoms with van der Waals surface area (Å²) < 4.78 is 5.88. The number of hydrazone groups is 1. The number of rotatable bonds is 7. The summed E-state index contributed by atoms with van der Waals surface area (Å²) in [5.74, 6) is 0.371. The molecule has 6 nitrogen and oxygen atoms in total. The van der Waals surface area contributed by atoms with Gasteiger partial charge in [0.05, 0.1) is 11.9 Å². The van der Waals surface area contributed by atoms with Crippen molar-refractivity contribution in [2.75, 3.05) is 5.73 Å². The monoisotopic (exact) mass is 380 g/mol. The fourth-order valence-corrected chi connectivity index (χ4v) is 3.26. The number of aromatic nitrogens is 1.